The Morgan fingerprint density at radius 2 is 1.71 bits per heavy atom. The van der Waals surface area contributed by atoms with Crippen LogP contribution in [-0.4, -0.2) is 13.1 Å². The number of hydrogen-bond donors (Lipinski definition) is 1. The van der Waals surface area contributed by atoms with E-state index in [2.05, 4.69) is 23.1 Å². The van der Waals surface area contributed by atoms with Gasteiger partial charge in [0.2, 0.25) is 0 Å². The highest BCUT2D eigenvalue weighted by Gasteiger charge is 2.36. The Labute approximate surface area is 104 Å². The summed E-state index contributed by atoms with van der Waals surface area (Å²) in [6.45, 7) is 2.42. The van der Waals surface area contributed by atoms with Crippen LogP contribution in [0.1, 0.15) is 38.5 Å². The van der Waals surface area contributed by atoms with Gasteiger partial charge in [-0.2, -0.15) is 0 Å². The van der Waals surface area contributed by atoms with Crippen LogP contribution in [0.25, 0.3) is 0 Å². The third-order valence-corrected chi connectivity index (χ3v) is 4.72. The van der Waals surface area contributed by atoms with Gasteiger partial charge in [0.1, 0.15) is 0 Å². The molecule has 1 spiro atoms. The standard InChI is InChI=1S/C15H22N2/c16-13-4-3-5-14(12-13)17-10-8-15(9-11-17)6-1-2-7-15/h3-5,12H,1-2,6-11,16H2. The van der Waals surface area contributed by atoms with Crippen LogP contribution in [0.2, 0.25) is 0 Å². The van der Waals surface area contributed by atoms with E-state index < -0.39 is 0 Å². The van der Waals surface area contributed by atoms with Crippen molar-refractivity contribution in [2.75, 3.05) is 23.7 Å². The van der Waals surface area contributed by atoms with Crippen molar-refractivity contribution in [3.8, 4) is 0 Å². The average molecular weight is 230 g/mol. The first-order valence-electron chi connectivity index (χ1n) is 6.88. The van der Waals surface area contributed by atoms with Crippen molar-refractivity contribution in [3.63, 3.8) is 0 Å². The van der Waals surface area contributed by atoms with Gasteiger partial charge in [-0.15, -0.1) is 0 Å². The van der Waals surface area contributed by atoms with Crippen LogP contribution in [0.15, 0.2) is 24.3 Å². The van der Waals surface area contributed by atoms with Gasteiger partial charge in [0.15, 0.2) is 0 Å². The molecular formula is C15H22N2. The number of anilines is 2. The topological polar surface area (TPSA) is 29.3 Å². The molecule has 0 amide bonds. The fourth-order valence-electron chi connectivity index (χ4n) is 3.59. The molecule has 2 fully saturated rings. The molecule has 0 aromatic heterocycles. The average Bonchev–Trinajstić information content (AvgIpc) is 2.79. The Morgan fingerprint density at radius 1 is 1.00 bits per heavy atom. The van der Waals surface area contributed by atoms with Crippen LogP contribution in [0.4, 0.5) is 11.4 Å². The zero-order chi connectivity index (χ0) is 11.7. The van der Waals surface area contributed by atoms with Crippen LogP contribution >= 0.6 is 0 Å². The summed E-state index contributed by atoms with van der Waals surface area (Å²) in [7, 11) is 0. The highest BCUT2D eigenvalue weighted by molar-refractivity contribution is 5.56. The Morgan fingerprint density at radius 3 is 2.35 bits per heavy atom. The predicted molar refractivity (Wildman–Crippen MR) is 73.2 cm³/mol. The first kappa shape index (κ1) is 10.9. The molecule has 0 bridgehead atoms. The molecule has 17 heavy (non-hydrogen) atoms. The molecule has 2 N–H and O–H groups in total. The number of nitrogen functional groups attached to an aromatic ring is 1. The van der Waals surface area contributed by atoms with Crippen LogP contribution < -0.4 is 10.6 Å². The molecule has 0 unspecified atom stereocenters. The van der Waals surface area contributed by atoms with Crippen LogP contribution in [-0.2, 0) is 0 Å². The first-order chi connectivity index (χ1) is 8.27. The highest BCUT2D eigenvalue weighted by atomic mass is 15.1. The van der Waals surface area contributed by atoms with E-state index in [0.29, 0.717) is 5.41 Å². The monoisotopic (exact) mass is 230 g/mol. The van der Waals surface area contributed by atoms with Gasteiger partial charge in [-0.25, -0.2) is 0 Å². The van der Waals surface area contributed by atoms with E-state index >= 15 is 0 Å². The maximum absolute atomic E-state index is 5.85. The zero-order valence-electron chi connectivity index (χ0n) is 10.5. The Bertz CT molecular complexity index is 384. The van der Waals surface area contributed by atoms with Crippen molar-refractivity contribution >= 4 is 11.4 Å². The number of rotatable bonds is 1. The highest BCUT2D eigenvalue weighted by Crippen LogP contribution is 2.46. The molecular weight excluding hydrogens is 208 g/mol. The second-order valence-corrected chi connectivity index (χ2v) is 5.79. The summed E-state index contributed by atoms with van der Waals surface area (Å²) in [6, 6.07) is 8.31. The maximum Gasteiger partial charge on any atom is 0.0386 e. The molecule has 1 aromatic carbocycles. The van der Waals surface area contributed by atoms with Gasteiger partial charge >= 0.3 is 0 Å². The number of piperidine rings is 1. The molecule has 0 atom stereocenters. The van der Waals surface area contributed by atoms with Gasteiger partial charge < -0.3 is 10.6 Å². The number of benzene rings is 1. The lowest BCUT2D eigenvalue weighted by atomic mass is 9.77. The van der Waals surface area contributed by atoms with E-state index in [9.17, 15) is 0 Å². The van der Waals surface area contributed by atoms with E-state index in [4.69, 9.17) is 5.73 Å². The minimum atomic E-state index is 0.705. The molecule has 92 valence electrons. The smallest absolute Gasteiger partial charge is 0.0386 e. The predicted octanol–water partition coefficient (Wildman–Crippen LogP) is 3.43. The van der Waals surface area contributed by atoms with E-state index in [1.165, 1.54) is 57.3 Å². The molecule has 2 heteroatoms. The lowest BCUT2D eigenvalue weighted by molar-refractivity contribution is 0.226. The van der Waals surface area contributed by atoms with Crippen molar-refractivity contribution in [2.24, 2.45) is 5.41 Å². The van der Waals surface area contributed by atoms with Gasteiger partial charge in [0.05, 0.1) is 0 Å². The van der Waals surface area contributed by atoms with E-state index in [1.54, 1.807) is 0 Å². The third-order valence-electron chi connectivity index (χ3n) is 4.72. The fourth-order valence-corrected chi connectivity index (χ4v) is 3.59. The van der Waals surface area contributed by atoms with Crippen LogP contribution in [0, 0.1) is 5.41 Å². The summed E-state index contributed by atoms with van der Waals surface area (Å²) < 4.78 is 0. The summed E-state index contributed by atoms with van der Waals surface area (Å²) in [4.78, 5) is 2.50. The van der Waals surface area contributed by atoms with Gasteiger partial charge in [0.25, 0.3) is 0 Å². The normalized spacial score (nSPS) is 23.2. The molecule has 2 aliphatic rings. The van der Waals surface area contributed by atoms with E-state index in [1.807, 2.05) is 6.07 Å². The van der Waals surface area contributed by atoms with Crippen LogP contribution in [0.5, 0.6) is 0 Å². The lowest BCUT2D eigenvalue weighted by Crippen LogP contribution is -2.38. The fraction of sp³-hybridized carbons (Fsp3) is 0.600. The molecule has 1 aliphatic carbocycles. The third kappa shape index (κ3) is 2.13. The SMILES string of the molecule is Nc1cccc(N2CCC3(CCCC3)CC2)c1. The number of nitrogens with two attached hydrogens (primary N) is 1. The van der Waals surface area contributed by atoms with Crippen LogP contribution in [0.3, 0.4) is 0 Å². The summed E-state index contributed by atoms with van der Waals surface area (Å²) >= 11 is 0. The van der Waals surface area contributed by atoms with Crippen molar-refractivity contribution in [1.29, 1.82) is 0 Å². The number of hydrogen-bond acceptors (Lipinski definition) is 2. The second kappa shape index (κ2) is 4.25. The molecule has 1 aromatic rings. The minimum absolute atomic E-state index is 0.705. The molecule has 3 rings (SSSR count). The lowest BCUT2D eigenvalue weighted by Gasteiger charge is -2.40. The summed E-state index contributed by atoms with van der Waals surface area (Å²) in [5, 5.41) is 0. The Hall–Kier alpha value is -1.18. The Balaban J connectivity index is 1.68. The molecule has 1 heterocycles. The van der Waals surface area contributed by atoms with Gasteiger partial charge in [-0.3, -0.25) is 0 Å². The summed E-state index contributed by atoms with van der Waals surface area (Å²) in [5.74, 6) is 0. The van der Waals surface area contributed by atoms with Crippen molar-refractivity contribution in [2.45, 2.75) is 38.5 Å². The van der Waals surface area contributed by atoms with Crippen molar-refractivity contribution < 1.29 is 0 Å². The minimum Gasteiger partial charge on any atom is -0.399 e. The Kier molecular flexibility index (Phi) is 2.73. The molecule has 1 saturated carbocycles. The maximum atomic E-state index is 5.85. The second-order valence-electron chi connectivity index (χ2n) is 5.79. The van der Waals surface area contributed by atoms with Gasteiger partial charge in [-0.1, -0.05) is 18.9 Å². The van der Waals surface area contributed by atoms with Gasteiger partial charge in [0, 0.05) is 24.5 Å². The van der Waals surface area contributed by atoms with E-state index in [0.717, 1.165) is 5.69 Å². The first-order valence-corrected chi connectivity index (χ1v) is 6.88. The quantitative estimate of drug-likeness (QED) is 0.749. The van der Waals surface area contributed by atoms with Crippen molar-refractivity contribution in [1.82, 2.24) is 0 Å². The van der Waals surface area contributed by atoms with E-state index in [-0.39, 0.29) is 0 Å². The van der Waals surface area contributed by atoms with Gasteiger partial charge in [-0.05, 0) is 49.3 Å². The number of nitrogens with zero attached hydrogens (tertiary/aromatic N) is 1. The zero-order valence-corrected chi connectivity index (χ0v) is 10.5. The largest absolute Gasteiger partial charge is 0.399 e. The summed E-state index contributed by atoms with van der Waals surface area (Å²) in [6.07, 6.45) is 8.61. The molecule has 1 aliphatic heterocycles. The molecule has 0 radical (unpaired) electrons. The summed E-state index contributed by atoms with van der Waals surface area (Å²) in [5.41, 5.74) is 8.74. The molecule has 1 saturated heterocycles. The van der Waals surface area contributed by atoms with Crippen molar-refractivity contribution in [3.05, 3.63) is 24.3 Å². The molecule has 2 nitrogen and oxygen atoms in total.